The normalized spacial score (nSPS) is 10.8. The predicted molar refractivity (Wildman–Crippen MR) is 136 cm³/mol. The minimum atomic E-state index is -3.75. The number of hydrogen-bond donors (Lipinski definition) is 3. The van der Waals surface area contributed by atoms with Gasteiger partial charge in [-0.1, -0.05) is 6.07 Å². The van der Waals surface area contributed by atoms with Gasteiger partial charge in [-0.2, -0.15) is 0 Å². The summed E-state index contributed by atoms with van der Waals surface area (Å²) >= 11 is 5.15. The minimum Gasteiger partial charge on any atom is -0.497 e. The third-order valence-electron chi connectivity index (χ3n) is 4.58. The van der Waals surface area contributed by atoms with Crippen LogP contribution in [0.25, 0.3) is 0 Å². The number of hydrogen-bond acceptors (Lipinski definition) is 6. The molecule has 0 fully saturated rings. The highest BCUT2D eigenvalue weighted by molar-refractivity contribution is 7.92. The fraction of sp³-hybridized carbons (Fsp3) is 0.167. The maximum absolute atomic E-state index is 12.7. The fourth-order valence-electron chi connectivity index (χ4n) is 3.11. The number of thiocarbonyl (C=S) groups is 1. The number of methoxy groups -OCH3 is 1. The molecule has 0 aliphatic carbocycles. The molecule has 3 aromatic carbocycles. The summed E-state index contributed by atoms with van der Waals surface area (Å²) < 4.78 is 38.4. The van der Waals surface area contributed by atoms with Crippen LogP contribution in [0.1, 0.15) is 11.1 Å². The predicted octanol–water partition coefficient (Wildman–Crippen LogP) is 4.00. The first kappa shape index (κ1) is 25.0. The third kappa shape index (κ3) is 7.19. The Morgan fingerprint density at radius 2 is 1.47 bits per heavy atom. The Kier molecular flexibility index (Phi) is 8.08. The van der Waals surface area contributed by atoms with Gasteiger partial charge in [-0.25, -0.2) is 8.42 Å². The van der Waals surface area contributed by atoms with E-state index >= 15 is 0 Å². The minimum absolute atomic E-state index is 0.0623. The van der Waals surface area contributed by atoms with Crippen molar-refractivity contribution >= 4 is 44.6 Å². The molecule has 8 nitrogen and oxygen atoms in total. The third-order valence-corrected chi connectivity index (χ3v) is 6.18. The zero-order chi connectivity index (χ0) is 24.7. The highest BCUT2D eigenvalue weighted by atomic mass is 32.2. The van der Waals surface area contributed by atoms with Crippen LogP contribution in [0.15, 0.2) is 71.6 Å². The van der Waals surface area contributed by atoms with Crippen LogP contribution < -0.4 is 24.8 Å². The first-order valence-electron chi connectivity index (χ1n) is 10.2. The average Bonchev–Trinajstić information content (AvgIpc) is 2.77. The molecular weight excluding hydrogens is 474 g/mol. The molecule has 0 spiro atoms. The Bertz CT molecular complexity index is 1250. The topological polar surface area (TPSA) is 106 Å². The summed E-state index contributed by atoms with van der Waals surface area (Å²) in [6.45, 7) is 3.58. The molecule has 0 radical (unpaired) electrons. The Labute approximate surface area is 204 Å². The summed E-state index contributed by atoms with van der Waals surface area (Å²) in [5.74, 6) is 0.758. The van der Waals surface area contributed by atoms with E-state index in [1.807, 2.05) is 19.9 Å². The van der Waals surface area contributed by atoms with E-state index in [2.05, 4.69) is 15.4 Å². The van der Waals surface area contributed by atoms with Crippen molar-refractivity contribution in [3.63, 3.8) is 0 Å². The fourth-order valence-corrected chi connectivity index (χ4v) is 4.38. The van der Waals surface area contributed by atoms with Gasteiger partial charge in [-0.15, -0.1) is 0 Å². The van der Waals surface area contributed by atoms with Crippen LogP contribution in [0.3, 0.4) is 0 Å². The summed E-state index contributed by atoms with van der Waals surface area (Å²) in [4.78, 5) is 12.2. The maximum Gasteiger partial charge on any atom is 0.264 e. The van der Waals surface area contributed by atoms with E-state index in [-0.39, 0.29) is 16.6 Å². The molecule has 34 heavy (non-hydrogen) atoms. The standard InChI is InChI=1S/C24H25N3O5S2/c1-16-12-17(2)14-19(13-16)27-34(29,30)22-10-4-18(5-11-22)25-24(33)26-23(28)15-32-21-8-6-20(31-3)7-9-21/h4-14,27H,15H2,1-3H3,(H2,25,26,28,33). The Balaban J connectivity index is 1.52. The highest BCUT2D eigenvalue weighted by Gasteiger charge is 2.15. The molecule has 3 aromatic rings. The van der Waals surface area contributed by atoms with Crippen LogP contribution >= 0.6 is 12.2 Å². The second-order valence-corrected chi connectivity index (χ2v) is 9.56. The summed E-state index contributed by atoms with van der Waals surface area (Å²) in [6.07, 6.45) is 0. The van der Waals surface area contributed by atoms with Crippen molar-refractivity contribution in [2.45, 2.75) is 18.7 Å². The molecule has 0 aliphatic rings. The molecule has 0 bridgehead atoms. The maximum atomic E-state index is 12.7. The zero-order valence-electron chi connectivity index (χ0n) is 18.9. The van der Waals surface area contributed by atoms with Gasteiger partial charge in [0.25, 0.3) is 15.9 Å². The van der Waals surface area contributed by atoms with E-state index in [1.54, 1.807) is 55.6 Å². The summed E-state index contributed by atoms with van der Waals surface area (Å²) in [5.41, 5.74) is 2.94. The number of nitrogens with one attached hydrogen (secondary N) is 3. The lowest BCUT2D eigenvalue weighted by Crippen LogP contribution is -2.37. The summed E-state index contributed by atoms with van der Waals surface area (Å²) in [6, 6.07) is 18.3. The molecule has 0 aromatic heterocycles. The summed E-state index contributed by atoms with van der Waals surface area (Å²) in [7, 11) is -2.19. The Morgan fingerprint density at radius 3 is 2.06 bits per heavy atom. The molecule has 178 valence electrons. The van der Waals surface area contributed by atoms with Gasteiger partial charge < -0.3 is 14.8 Å². The van der Waals surface area contributed by atoms with E-state index in [9.17, 15) is 13.2 Å². The van der Waals surface area contributed by atoms with E-state index < -0.39 is 15.9 Å². The zero-order valence-corrected chi connectivity index (χ0v) is 20.5. The Morgan fingerprint density at radius 1 is 0.882 bits per heavy atom. The lowest BCUT2D eigenvalue weighted by molar-refractivity contribution is -0.121. The quantitative estimate of drug-likeness (QED) is 0.402. The molecule has 0 aliphatic heterocycles. The van der Waals surface area contributed by atoms with Crippen molar-refractivity contribution in [2.75, 3.05) is 23.8 Å². The number of amides is 1. The van der Waals surface area contributed by atoms with Gasteiger partial charge in [0.2, 0.25) is 0 Å². The smallest absolute Gasteiger partial charge is 0.264 e. The largest absolute Gasteiger partial charge is 0.497 e. The summed E-state index contributed by atoms with van der Waals surface area (Å²) in [5, 5.41) is 5.41. The molecule has 0 heterocycles. The lowest BCUT2D eigenvalue weighted by atomic mass is 10.1. The van der Waals surface area contributed by atoms with Gasteiger partial charge in [0, 0.05) is 11.4 Å². The second-order valence-electron chi connectivity index (χ2n) is 7.47. The van der Waals surface area contributed by atoms with Crippen molar-refractivity contribution in [3.05, 3.63) is 77.9 Å². The molecule has 1 amide bonds. The van der Waals surface area contributed by atoms with Crippen LogP contribution in [0, 0.1) is 13.8 Å². The second kappa shape index (κ2) is 11.0. The number of ether oxygens (including phenoxy) is 2. The van der Waals surface area contributed by atoms with Crippen molar-refractivity contribution in [2.24, 2.45) is 0 Å². The van der Waals surface area contributed by atoms with Crippen LogP contribution in [0.2, 0.25) is 0 Å². The number of aryl methyl sites for hydroxylation is 2. The molecule has 10 heteroatoms. The van der Waals surface area contributed by atoms with Crippen molar-refractivity contribution in [1.29, 1.82) is 0 Å². The van der Waals surface area contributed by atoms with Crippen molar-refractivity contribution < 1.29 is 22.7 Å². The first-order valence-corrected chi connectivity index (χ1v) is 12.1. The molecule has 3 rings (SSSR count). The van der Waals surface area contributed by atoms with Crippen LogP contribution in [0.5, 0.6) is 11.5 Å². The lowest BCUT2D eigenvalue weighted by Gasteiger charge is -2.12. The van der Waals surface area contributed by atoms with Gasteiger partial charge in [0.15, 0.2) is 11.7 Å². The van der Waals surface area contributed by atoms with E-state index in [0.29, 0.717) is 22.9 Å². The first-order chi connectivity index (χ1) is 16.1. The SMILES string of the molecule is COc1ccc(OCC(=O)NC(=S)Nc2ccc(S(=O)(=O)Nc3cc(C)cc(C)c3)cc2)cc1. The van der Waals surface area contributed by atoms with Crippen molar-refractivity contribution in [1.82, 2.24) is 5.32 Å². The number of carbonyl (C=O) groups excluding carboxylic acids is 1. The van der Waals surface area contributed by atoms with Gasteiger partial charge in [-0.05, 0) is 97.9 Å². The molecule has 0 atom stereocenters. The van der Waals surface area contributed by atoms with E-state index in [0.717, 1.165) is 11.1 Å². The van der Waals surface area contributed by atoms with Crippen molar-refractivity contribution in [3.8, 4) is 11.5 Å². The van der Waals surface area contributed by atoms with Gasteiger partial charge >= 0.3 is 0 Å². The van der Waals surface area contributed by atoms with Crippen LogP contribution in [-0.4, -0.2) is 33.2 Å². The van der Waals surface area contributed by atoms with Crippen LogP contribution in [-0.2, 0) is 14.8 Å². The highest BCUT2D eigenvalue weighted by Crippen LogP contribution is 2.20. The van der Waals surface area contributed by atoms with Gasteiger partial charge in [0.1, 0.15) is 11.5 Å². The number of carbonyl (C=O) groups is 1. The van der Waals surface area contributed by atoms with Gasteiger partial charge in [-0.3, -0.25) is 14.8 Å². The monoisotopic (exact) mass is 499 g/mol. The Hall–Kier alpha value is -3.63. The molecule has 3 N–H and O–H groups in total. The van der Waals surface area contributed by atoms with Crippen LogP contribution in [0.4, 0.5) is 11.4 Å². The van der Waals surface area contributed by atoms with E-state index in [4.69, 9.17) is 21.7 Å². The molecule has 0 unspecified atom stereocenters. The molecule has 0 saturated carbocycles. The average molecular weight is 500 g/mol. The number of rotatable bonds is 8. The molecular formula is C24H25N3O5S2. The van der Waals surface area contributed by atoms with Gasteiger partial charge in [0.05, 0.1) is 12.0 Å². The number of anilines is 2. The molecule has 0 saturated heterocycles. The number of benzene rings is 3. The van der Waals surface area contributed by atoms with E-state index in [1.165, 1.54) is 12.1 Å². The number of sulfonamides is 1.